The van der Waals surface area contributed by atoms with E-state index < -0.39 is 0 Å². The molecule has 3 heteroatoms. The maximum absolute atomic E-state index is 5.58. The lowest BCUT2D eigenvalue weighted by atomic mass is 10.1. The fourth-order valence-electron chi connectivity index (χ4n) is 0.715. The summed E-state index contributed by atoms with van der Waals surface area (Å²) in [5.41, 5.74) is 12.4. The SMILES string of the molecule is C=C[C@@H](N)c1cocc1N. The van der Waals surface area contributed by atoms with Crippen molar-refractivity contribution in [1.29, 1.82) is 0 Å². The molecule has 0 aliphatic rings. The Balaban J connectivity index is 2.92. The maximum atomic E-state index is 5.58. The first-order chi connectivity index (χ1) is 4.75. The minimum absolute atomic E-state index is 0.223. The van der Waals surface area contributed by atoms with Crippen LogP contribution in [-0.2, 0) is 0 Å². The van der Waals surface area contributed by atoms with E-state index >= 15 is 0 Å². The Morgan fingerprint density at radius 2 is 2.30 bits per heavy atom. The third kappa shape index (κ3) is 1.04. The van der Waals surface area contributed by atoms with E-state index in [-0.39, 0.29) is 6.04 Å². The zero-order valence-corrected chi connectivity index (χ0v) is 5.58. The summed E-state index contributed by atoms with van der Waals surface area (Å²) >= 11 is 0. The quantitative estimate of drug-likeness (QED) is 0.600. The van der Waals surface area contributed by atoms with Crippen molar-refractivity contribution in [3.05, 3.63) is 30.7 Å². The molecular weight excluding hydrogens is 128 g/mol. The summed E-state index contributed by atoms with van der Waals surface area (Å²) in [6.07, 6.45) is 4.60. The van der Waals surface area contributed by atoms with Crippen LogP contribution in [0.1, 0.15) is 11.6 Å². The summed E-state index contributed by atoms with van der Waals surface area (Å²) < 4.78 is 4.82. The predicted molar refractivity (Wildman–Crippen MR) is 40.2 cm³/mol. The summed E-state index contributed by atoms with van der Waals surface area (Å²) in [5.74, 6) is 0. The van der Waals surface area contributed by atoms with Gasteiger partial charge in [0, 0.05) is 5.56 Å². The van der Waals surface area contributed by atoms with Crippen LogP contribution in [0, 0.1) is 0 Å². The van der Waals surface area contributed by atoms with Crippen molar-refractivity contribution >= 4 is 5.69 Å². The average molecular weight is 138 g/mol. The lowest BCUT2D eigenvalue weighted by molar-refractivity contribution is 0.563. The summed E-state index contributed by atoms with van der Waals surface area (Å²) in [6, 6.07) is -0.223. The summed E-state index contributed by atoms with van der Waals surface area (Å²) in [6.45, 7) is 3.54. The number of hydrogen-bond donors (Lipinski definition) is 2. The summed E-state index contributed by atoms with van der Waals surface area (Å²) in [7, 11) is 0. The molecule has 10 heavy (non-hydrogen) atoms. The Labute approximate surface area is 59.3 Å². The van der Waals surface area contributed by atoms with Crippen molar-refractivity contribution in [2.24, 2.45) is 5.73 Å². The van der Waals surface area contributed by atoms with Gasteiger partial charge in [-0.2, -0.15) is 0 Å². The third-order valence-corrected chi connectivity index (χ3v) is 1.34. The van der Waals surface area contributed by atoms with Gasteiger partial charge in [0.1, 0.15) is 6.26 Å². The Bertz CT molecular complexity index is 229. The van der Waals surface area contributed by atoms with Gasteiger partial charge in [-0.3, -0.25) is 0 Å². The van der Waals surface area contributed by atoms with E-state index in [2.05, 4.69) is 6.58 Å². The number of nitrogens with two attached hydrogens (primary N) is 2. The molecule has 54 valence electrons. The normalized spacial score (nSPS) is 12.9. The van der Waals surface area contributed by atoms with Gasteiger partial charge in [-0.15, -0.1) is 6.58 Å². The van der Waals surface area contributed by atoms with Crippen LogP contribution in [0.3, 0.4) is 0 Å². The molecule has 0 bridgehead atoms. The van der Waals surface area contributed by atoms with Gasteiger partial charge in [-0.1, -0.05) is 6.08 Å². The van der Waals surface area contributed by atoms with E-state index in [0.29, 0.717) is 5.69 Å². The van der Waals surface area contributed by atoms with Crippen LogP contribution < -0.4 is 11.5 Å². The zero-order valence-electron chi connectivity index (χ0n) is 5.58. The van der Waals surface area contributed by atoms with Crippen molar-refractivity contribution in [3.8, 4) is 0 Å². The minimum Gasteiger partial charge on any atom is -0.470 e. The molecule has 0 amide bonds. The van der Waals surface area contributed by atoms with Crippen LogP contribution in [0.2, 0.25) is 0 Å². The molecule has 1 aromatic rings. The van der Waals surface area contributed by atoms with Gasteiger partial charge in [0.25, 0.3) is 0 Å². The maximum Gasteiger partial charge on any atom is 0.114 e. The number of nitrogen functional groups attached to an aromatic ring is 1. The van der Waals surface area contributed by atoms with Gasteiger partial charge in [0.2, 0.25) is 0 Å². The molecule has 0 saturated heterocycles. The lowest BCUT2D eigenvalue weighted by Crippen LogP contribution is -2.07. The molecule has 1 heterocycles. The average Bonchev–Trinajstić information content (AvgIpc) is 2.34. The molecule has 1 aromatic heterocycles. The van der Waals surface area contributed by atoms with Gasteiger partial charge >= 0.3 is 0 Å². The molecule has 0 fully saturated rings. The lowest BCUT2D eigenvalue weighted by Gasteiger charge is -2.01. The van der Waals surface area contributed by atoms with E-state index in [1.54, 1.807) is 6.08 Å². The van der Waals surface area contributed by atoms with Crippen molar-refractivity contribution in [2.45, 2.75) is 6.04 Å². The second-order valence-electron chi connectivity index (χ2n) is 2.04. The summed E-state index contributed by atoms with van der Waals surface area (Å²) in [5, 5.41) is 0. The van der Waals surface area contributed by atoms with Gasteiger partial charge in [-0.05, 0) is 0 Å². The van der Waals surface area contributed by atoms with E-state index in [1.807, 2.05) is 0 Å². The smallest absolute Gasteiger partial charge is 0.114 e. The molecular formula is C7H10N2O. The Kier molecular flexibility index (Phi) is 1.78. The molecule has 4 N–H and O–H groups in total. The Morgan fingerprint density at radius 1 is 1.60 bits per heavy atom. The van der Waals surface area contributed by atoms with Gasteiger partial charge in [0.05, 0.1) is 18.0 Å². The largest absolute Gasteiger partial charge is 0.470 e. The highest BCUT2D eigenvalue weighted by molar-refractivity contribution is 5.45. The fraction of sp³-hybridized carbons (Fsp3) is 0.143. The van der Waals surface area contributed by atoms with Crippen molar-refractivity contribution in [2.75, 3.05) is 5.73 Å². The Morgan fingerprint density at radius 3 is 2.70 bits per heavy atom. The summed E-state index contributed by atoms with van der Waals surface area (Å²) in [4.78, 5) is 0. The molecule has 3 nitrogen and oxygen atoms in total. The molecule has 1 atom stereocenters. The van der Waals surface area contributed by atoms with Gasteiger partial charge in [-0.25, -0.2) is 0 Å². The molecule has 1 rings (SSSR count). The number of anilines is 1. The number of furan rings is 1. The molecule has 0 saturated carbocycles. The van der Waals surface area contributed by atoms with Crippen LogP contribution in [-0.4, -0.2) is 0 Å². The molecule has 0 radical (unpaired) electrons. The third-order valence-electron chi connectivity index (χ3n) is 1.34. The first-order valence-corrected chi connectivity index (χ1v) is 2.95. The number of rotatable bonds is 2. The van der Waals surface area contributed by atoms with Crippen molar-refractivity contribution < 1.29 is 4.42 Å². The second kappa shape index (κ2) is 2.58. The van der Waals surface area contributed by atoms with E-state index in [1.165, 1.54) is 12.5 Å². The van der Waals surface area contributed by atoms with E-state index in [4.69, 9.17) is 15.9 Å². The van der Waals surface area contributed by atoms with Gasteiger partial charge < -0.3 is 15.9 Å². The van der Waals surface area contributed by atoms with Crippen LogP contribution in [0.15, 0.2) is 29.6 Å². The topological polar surface area (TPSA) is 65.2 Å². The van der Waals surface area contributed by atoms with Crippen molar-refractivity contribution in [3.63, 3.8) is 0 Å². The van der Waals surface area contributed by atoms with Crippen molar-refractivity contribution in [1.82, 2.24) is 0 Å². The highest BCUT2D eigenvalue weighted by Gasteiger charge is 2.06. The highest BCUT2D eigenvalue weighted by Crippen LogP contribution is 2.19. The standard InChI is InChI=1S/C7H10N2O/c1-2-6(8)5-3-10-4-7(5)9/h2-4,6H,1,8-9H2/t6-/m1/s1. The zero-order chi connectivity index (χ0) is 7.56. The van der Waals surface area contributed by atoms with Crippen LogP contribution in [0.4, 0.5) is 5.69 Å². The second-order valence-corrected chi connectivity index (χ2v) is 2.04. The first-order valence-electron chi connectivity index (χ1n) is 2.95. The van der Waals surface area contributed by atoms with Crippen LogP contribution in [0.5, 0.6) is 0 Å². The monoisotopic (exact) mass is 138 g/mol. The Hall–Kier alpha value is -1.22. The number of hydrogen-bond acceptors (Lipinski definition) is 3. The van der Waals surface area contributed by atoms with Crippen LogP contribution in [0.25, 0.3) is 0 Å². The molecule has 0 spiro atoms. The van der Waals surface area contributed by atoms with E-state index in [9.17, 15) is 0 Å². The minimum atomic E-state index is -0.223. The van der Waals surface area contributed by atoms with Gasteiger partial charge in [0.15, 0.2) is 0 Å². The van der Waals surface area contributed by atoms with Crippen LogP contribution >= 0.6 is 0 Å². The molecule has 0 unspecified atom stereocenters. The predicted octanol–water partition coefficient (Wildman–Crippen LogP) is 1.05. The molecule has 0 aliphatic heterocycles. The fourth-order valence-corrected chi connectivity index (χ4v) is 0.715. The van der Waals surface area contributed by atoms with E-state index in [0.717, 1.165) is 5.56 Å². The molecule has 0 aliphatic carbocycles. The molecule has 0 aromatic carbocycles. The highest BCUT2D eigenvalue weighted by atomic mass is 16.3. The first kappa shape index (κ1) is 6.89.